The van der Waals surface area contributed by atoms with Gasteiger partial charge in [-0.15, -0.1) is 0 Å². The van der Waals surface area contributed by atoms with E-state index in [1.54, 1.807) is 24.4 Å². The van der Waals surface area contributed by atoms with Crippen LogP contribution in [0.3, 0.4) is 0 Å². The van der Waals surface area contributed by atoms with Crippen LogP contribution in [0, 0.1) is 5.82 Å². The van der Waals surface area contributed by atoms with E-state index in [4.69, 9.17) is 4.74 Å². The molecule has 0 saturated heterocycles. The second-order valence-corrected chi connectivity index (χ2v) is 4.89. The third kappa shape index (κ3) is 4.56. The molecule has 0 bridgehead atoms. The van der Waals surface area contributed by atoms with Crippen molar-refractivity contribution in [2.45, 2.75) is 26.5 Å². The van der Waals surface area contributed by atoms with Crippen molar-refractivity contribution in [3.63, 3.8) is 0 Å². The number of hydrogen-bond acceptors (Lipinski definition) is 3. The normalized spacial score (nSPS) is 10.5. The van der Waals surface area contributed by atoms with Crippen molar-refractivity contribution < 1.29 is 13.9 Å². The number of aromatic nitrogens is 1. The summed E-state index contributed by atoms with van der Waals surface area (Å²) in [5.41, 5.74) is 1.11. The predicted octanol–water partition coefficient (Wildman–Crippen LogP) is 2.94. The number of hydrogen-bond donors (Lipinski definition) is 1. The second kappa shape index (κ2) is 6.83. The number of ether oxygens (including phenoxy) is 1. The first kappa shape index (κ1) is 15.0. The SMILES string of the molecule is CC(C)Oc1cncc(C(=O)NCc2cccc(F)c2)c1. The Labute approximate surface area is 123 Å². The van der Waals surface area contributed by atoms with Gasteiger partial charge in [-0.25, -0.2) is 4.39 Å². The summed E-state index contributed by atoms with van der Waals surface area (Å²) in [7, 11) is 0. The highest BCUT2D eigenvalue weighted by Crippen LogP contribution is 2.13. The van der Waals surface area contributed by atoms with E-state index in [1.165, 1.54) is 18.3 Å². The average Bonchev–Trinajstić information content (AvgIpc) is 2.44. The van der Waals surface area contributed by atoms with Crippen LogP contribution in [0.1, 0.15) is 29.8 Å². The Morgan fingerprint density at radius 1 is 1.33 bits per heavy atom. The zero-order valence-electron chi connectivity index (χ0n) is 12.0. The first-order chi connectivity index (χ1) is 10.0. The summed E-state index contributed by atoms with van der Waals surface area (Å²) < 4.78 is 18.5. The molecule has 110 valence electrons. The van der Waals surface area contributed by atoms with Crippen molar-refractivity contribution in [2.75, 3.05) is 0 Å². The Kier molecular flexibility index (Phi) is 4.87. The molecule has 1 aromatic heterocycles. The Balaban J connectivity index is 2.00. The third-order valence-electron chi connectivity index (χ3n) is 2.69. The maximum atomic E-state index is 13.0. The second-order valence-electron chi connectivity index (χ2n) is 4.89. The molecule has 0 aliphatic carbocycles. The molecule has 4 nitrogen and oxygen atoms in total. The molecule has 0 saturated carbocycles. The van der Waals surface area contributed by atoms with Gasteiger partial charge in [-0.3, -0.25) is 9.78 Å². The maximum Gasteiger partial charge on any atom is 0.253 e. The lowest BCUT2D eigenvalue weighted by Gasteiger charge is -2.10. The van der Waals surface area contributed by atoms with Crippen LogP contribution in [-0.4, -0.2) is 17.0 Å². The summed E-state index contributed by atoms with van der Waals surface area (Å²) in [6.07, 6.45) is 3.04. The van der Waals surface area contributed by atoms with E-state index in [2.05, 4.69) is 10.3 Å². The van der Waals surface area contributed by atoms with Crippen molar-refractivity contribution >= 4 is 5.91 Å². The molecular formula is C16H17FN2O2. The Morgan fingerprint density at radius 3 is 2.86 bits per heavy atom. The van der Waals surface area contributed by atoms with Crippen LogP contribution >= 0.6 is 0 Å². The molecule has 0 aliphatic heterocycles. The summed E-state index contributed by atoms with van der Waals surface area (Å²) in [4.78, 5) is 16.0. The maximum absolute atomic E-state index is 13.0. The van der Waals surface area contributed by atoms with Crippen molar-refractivity contribution in [1.29, 1.82) is 0 Å². The number of carbonyl (C=O) groups excluding carboxylic acids is 1. The molecule has 1 N–H and O–H groups in total. The van der Waals surface area contributed by atoms with Gasteiger partial charge in [-0.2, -0.15) is 0 Å². The number of carbonyl (C=O) groups is 1. The topological polar surface area (TPSA) is 51.2 Å². The minimum atomic E-state index is -0.323. The van der Waals surface area contributed by atoms with Gasteiger partial charge in [0.1, 0.15) is 11.6 Å². The largest absolute Gasteiger partial charge is 0.489 e. The highest BCUT2D eigenvalue weighted by Gasteiger charge is 2.08. The van der Waals surface area contributed by atoms with Crippen molar-refractivity contribution in [3.05, 3.63) is 59.7 Å². The standard InChI is InChI=1S/C16H17FN2O2/c1-11(2)21-15-7-13(9-18-10-15)16(20)19-8-12-4-3-5-14(17)6-12/h3-7,9-11H,8H2,1-2H3,(H,19,20). The number of halogens is 1. The molecule has 2 rings (SSSR count). The molecule has 0 aliphatic rings. The zero-order valence-corrected chi connectivity index (χ0v) is 12.0. The number of amides is 1. The van der Waals surface area contributed by atoms with Crippen LogP contribution in [-0.2, 0) is 6.54 Å². The van der Waals surface area contributed by atoms with Crippen molar-refractivity contribution in [1.82, 2.24) is 10.3 Å². The highest BCUT2D eigenvalue weighted by atomic mass is 19.1. The van der Waals surface area contributed by atoms with Crippen molar-refractivity contribution in [3.8, 4) is 5.75 Å². The number of nitrogens with zero attached hydrogens (tertiary/aromatic N) is 1. The highest BCUT2D eigenvalue weighted by molar-refractivity contribution is 5.94. The molecule has 5 heteroatoms. The molecule has 0 unspecified atom stereocenters. The fourth-order valence-corrected chi connectivity index (χ4v) is 1.81. The molecule has 21 heavy (non-hydrogen) atoms. The van der Waals surface area contributed by atoms with Gasteiger partial charge in [-0.1, -0.05) is 12.1 Å². The van der Waals surface area contributed by atoms with Crippen LogP contribution in [0.2, 0.25) is 0 Å². The van der Waals surface area contributed by atoms with E-state index in [-0.39, 0.29) is 24.4 Å². The smallest absolute Gasteiger partial charge is 0.253 e. The Hall–Kier alpha value is -2.43. The number of benzene rings is 1. The number of pyridine rings is 1. The quantitative estimate of drug-likeness (QED) is 0.920. The molecule has 0 spiro atoms. The Bertz CT molecular complexity index is 629. The lowest BCUT2D eigenvalue weighted by Crippen LogP contribution is -2.23. The molecule has 1 heterocycles. The molecule has 0 radical (unpaired) electrons. The molecule has 0 fully saturated rings. The zero-order chi connectivity index (χ0) is 15.2. The molecule has 2 aromatic rings. The number of nitrogens with one attached hydrogen (secondary N) is 1. The van der Waals surface area contributed by atoms with Gasteiger partial charge in [0.15, 0.2) is 0 Å². The molecule has 1 aromatic carbocycles. The number of rotatable bonds is 5. The third-order valence-corrected chi connectivity index (χ3v) is 2.69. The first-order valence-corrected chi connectivity index (χ1v) is 6.69. The fraction of sp³-hybridized carbons (Fsp3) is 0.250. The van der Waals surface area contributed by atoms with Gasteiger partial charge < -0.3 is 10.1 Å². The van der Waals surface area contributed by atoms with E-state index >= 15 is 0 Å². The van der Waals surface area contributed by atoms with Crippen LogP contribution in [0.5, 0.6) is 5.75 Å². The molecular weight excluding hydrogens is 271 g/mol. The van der Waals surface area contributed by atoms with E-state index in [9.17, 15) is 9.18 Å². The minimum absolute atomic E-state index is 0.0115. The van der Waals surface area contributed by atoms with Crippen molar-refractivity contribution in [2.24, 2.45) is 0 Å². The lowest BCUT2D eigenvalue weighted by atomic mass is 10.2. The van der Waals surface area contributed by atoms with Gasteiger partial charge in [0, 0.05) is 12.7 Å². The van der Waals surface area contributed by atoms with Crippen LogP contribution < -0.4 is 10.1 Å². The summed E-state index contributed by atoms with van der Waals surface area (Å²) in [5.74, 6) is -0.0554. The average molecular weight is 288 g/mol. The van der Waals surface area contributed by atoms with E-state index in [1.807, 2.05) is 13.8 Å². The molecule has 0 atom stereocenters. The van der Waals surface area contributed by atoms with Crippen LogP contribution in [0.4, 0.5) is 4.39 Å². The summed E-state index contributed by atoms with van der Waals surface area (Å²) in [6, 6.07) is 7.74. The van der Waals surface area contributed by atoms with E-state index in [0.29, 0.717) is 16.9 Å². The minimum Gasteiger partial charge on any atom is -0.489 e. The first-order valence-electron chi connectivity index (χ1n) is 6.69. The van der Waals surface area contributed by atoms with Gasteiger partial charge >= 0.3 is 0 Å². The van der Waals surface area contributed by atoms with E-state index < -0.39 is 0 Å². The summed E-state index contributed by atoms with van der Waals surface area (Å²) in [6.45, 7) is 4.05. The fourth-order valence-electron chi connectivity index (χ4n) is 1.81. The van der Waals surface area contributed by atoms with Gasteiger partial charge in [0.25, 0.3) is 5.91 Å². The van der Waals surface area contributed by atoms with E-state index in [0.717, 1.165) is 0 Å². The van der Waals surface area contributed by atoms with Gasteiger partial charge in [-0.05, 0) is 37.6 Å². The monoisotopic (exact) mass is 288 g/mol. The summed E-state index contributed by atoms with van der Waals surface area (Å²) in [5, 5.41) is 2.72. The Morgan fingerprint density at radius 2 is 2.14 bits per heavy atom. The van der Waals surface area contributed by atoms with Gasteiger partial charge in [0.05, 0.1) is 17.9 Å². The van der Waals surface area contributed by atoms with Gasteiger partial charge in [0.2, 0.25) is 0 Å². The summed E-state index contributed by atoms with van der Waals surface area (Å²) >= 11 is 0. The lowest BCUT2D eigenvalue weighted by molar-refractivity contribution is 0.0949. The predicted molar refractivity (Wildman–Crippen MR) is 77.6 cm³/mol. The van der Waals surface area contributed by atoms with Crippen LogP contribution in [0.15, 0.2) is 42.7 Å². The molecule has 1 amide bonds. The van der Waals surface area contributed by atoms with Crippen LogP contribution in [0.25, 0.3) is 0 Å².